The van der Waals surface area contributed by atoms with Gasteiger partial charge >= 0.3 is 0 Å². The summed E-state index contributed by atoms with van der Waals surface area (Å²) in [5, 5.41) is 11.7. The van der Waals surface area contributed by atoms with E-state index in [1.54, 1.807) is 6.26 Å². The molecule has 1 aromatic carbocycles. The molecule has 1 aliphatic heterocycles. The Morgan fingerprint density at radius 2 is 2.04 bits per heavy atom. The quantitative estimate of drug-likeness (QED) is 0.739. The van der Waals surface area contributed by atoms with Gasteiger partial charge in [-0.25, -0.2) is 0 Å². The fraction of sp³-hybridized carbons (Fsp3) is 0.318. The summed E-state index contributed by atoms with van der Waals surface area (Å²) < 4.78 is 5.36. The van der Waals surface area contributed by atoms with Crippen molar-refractivity contribution in [3.05, 3.63) is 59.9 Å². The Labute approximate surface area is 164 Å². The molecule has 1 unspecified atom stereocenters. The summed E-state index contributed by atoms with van der Waals surface area (Å²) in [5.74, 6) is 1.48. The third kappa shape index (κ3) is 3.91. The number of hydrogen-bond acceptors (Lipinski definition) is 5. The largest absolute Gasteiger partial charge is 0.463 e. The van der Waals surface area contributed by atoms with E-state index in [0.29, 0.717) is 18.0 Å². The third-order valence-electron chi connectivity index (χ3n) is 5.31. The van der Waals surface area contributed by atoms with Crippen LogP contribution in [0.5, 0.6) is 0 Å². The SMILES string of the molecule is Cc1ccc(NC(=O)C2CCCN(c3ccc(-c4ccco4)nn3)C2)cc1C. The molecule has 1 saturated heterocycles. The number of piperidine rings is 1. The standard InChI is InChI=1S/C22H24N4O2/c1-15-7-8-18(13-16(15)2)23-22(27)17-5-3-11-26(14-17)21-10-9-19(24-25-21)20-6-4-12-28-20/h4,6-10,12-13,17H,3,5,11,14H2,1-2H3,(H,23,27). The second-order valence-electron chi connectivity index (χ2n) is 7.33. The number of nitrogens with one attached hydrogen (secondary N) is 1. The van der Waals surface area contributed by atoms with Crippen LogP contribution in [0.4, 0.5) is 11.5 Å². The minimum absolute atomic E-state index is 0.0631. The number of amides is 1. The Kier molecular flexibility index (Phi) is 5.10. The van der Waals surface area contributed by atoms with Gasteiger partial charge < -0.3 is 14.6 Å². The first-order valence-electron chi connectivity index (χ1n) is 9.61. The minimum Gasteiger partial charge on any atom is -0.463 e. The first-order chi connectivity index (χ1) is 13.6. The Morgan fingerprint density at radius 3 is 2.75 bits per heavy atom. The topological polar surface area (TPSA) is 71.3 Å². The van der Waals surface area contributed by atoms with Crippen molar-refractivity contribution >= 4 is 17.4 Å². The Bertz CT molecular complexity index is 951. The summed E-state index contributed by atoms with van der Waals surface area (Å²) in [6, 6.07) is 13.5. The van der Waals surface area contributed by atoms with Crippen molar-refractivity contribution in [3.8, 4) is 11.5 Å². The maximum atomic E-state index is 12.8. The number of furan rings is 1. The molecule has 6 heteroatoms. The van der Waals surface area contributed by atoms with E-state index in [2.05, 4.69) is 34.3 Å². The Balaban J connectivity index is 1.42. The van der Waals surface area contributed by atoms with Crippen LogP contribution in [0.3, 0.4) is 0 Å². The van der Waals surface area contributed by atoms with E-state index in [1.165, 1.54) is 11.1 Å². The van der Waals surface area contributed by atoms with Gasteiger partial charge in [0.15, 0.2) is 11.6 Å². The fourth-order valence-electron chi connectivity index (χ4n) is 3.51. The molecule has 28 heavy (non-hydrogen) atoms. The van der Waals surface area contributed by atoms with Gasteiger partial charge in [0.1, 0.15) is 5.69 Å². The molecule has 4 rings (SSSR count). The number of carbonyl (C=O) groups excluding carboxylic acids is 1. The number of aromatic nitrogens is 2. The summed E-state index contributed by atoms with van der Waals surface area (Å²) in [4.78, 5) is 14.9. The van der Waals surface area contributed by atoms with Crippen LogP contribution in [0.2, 0.25) is 0 Å². The summed E-state index contributed by atoms with van der Waals surface area (Å²) in [7, 11) is 0. The van der Waals surface area contributed by atoms with Crippen molar-refractivity contribution in [2.75, 3.05) is 23.3 Å². The van der Waals surface area contributed by atoms with Crippen molar-refractivity contribution < 1.29 is 9.21 Å². The average Bonchev–Trinajstić information content (AvgIpc) is 3.26. The molecule has 1 N–H and O–H groups in total. The number of nitrogens with zero attached hydrogens (tertiary/aromatic N) is 3. The lowest BCUT2D eigenvalue weighted by Crippen LogP contribution is -2.41. The smallest absolute Gasteiger partial charge is 0.229 e. The van der Waals surface area contributed by atoms with E-state index in [1.807, 2.05) is 42.5 Å². The fourth-order valence-corrected chi connectivity index (χ4v) is 3.51. The number of rotatable bonds is 4. The second-order valence-corrected chi connectivity index (χ2v) is 7.33. The maximum Gasteiger partial charge on any atom is 0.229 e. The predicted octanol–water partition coefficient (Wildman–Crippen LogP) is 4.21. The number of carbonyl (C=O) groups is 1. The van der Waals surface area contributed by atoms with Gasteiger partial charge in [0.05, 0.1) is 12.2 Å². The van der Waals surface area contributed by atoms with Crippen LogP contribution in [0.25, 0.3) is 11.5 Å². The van der Waals surface area contributed by atoms with Gasteiger partial charge in [-0.3, -0.25) is 4.79 Å². The Morgan fingerprint density at radius 1 is 1.14 bits per heavy atom. The number of anilines is 2. The summed E-state index contributed by atoms with van der Waals surface area (Å²) in [6.07, 6.45) is 3.45. The van der Waals surface area contributed by atoms with Gasteiger partial charge in [0, 0.05) is 18.8 Å². The zero-order valence-electron chi connectivity index (χ0n) is 16.2. The highest BCUT2D eigenvalue weighted by atomic mass is 16.3. The molecule has 144 valence electrons. The number of benzene rings is 1. The lowest BCUT2D eigenvalue weighted by atomic mass is 9.97. The zero-order chi connectivity index (χ0) is 19.5. The van der Waals surface area contributed by atoms with Gasteiger partial charge in [0.25, 0.3) is 0 Å². The van der Waals surface area contributed by atoms with Gasteiger partial charge in [-0.1, -0.05) is 6.07 Å². The molecule has 1 atom stereocenters. The van der Waals surface area contributed by atoms with E-state index >= 15 is 0 Å². The summed E-state index contributed by atoms with van der Waals surface area (Å²) in [5.41, 5.74) is 3.95. The van der Waals surface area contributed by atoms with E-state index in [9.17, 15) is 4.79 Å². The lowest BCUT2D eigenvalue weighted by Gasteiger charge is -2.32. The molecule has 6 nitrogen and oxygen atoms in total. The highest BCUT2D eigenvalue weighted by molar-refractivity contribution is 5.93. The highest BCUT2D eigenvalue weighted by Crippen LogP contribution is 2.25. The molecule has 0 radical (unpaired) electrons. The van der Waals surface area contributed by atoms with Crippen molar-refractivity contribution in [1.29, 1.82) is 0 Å². The molecular formula is C22H24N4O2. The molecule has 1 aliphatic rings. The molecule has 0 aliphatic carbocycles. The van der Waals surface area contributed by atoms with Gasteiger partial charge in [-0.15, -0.1) is 10.2 Å². The third-order valence-corrected chi connectivity index (χ3v) is 5.31. The highest BCUT2D eigenvalue weighted by Gasteiger charge is 2.27. The van der Waals surface area contributed by atoms with Crippen LogP contribution >= 0.6 is 0 Å². The van der Waals surface area contributed by atoms with E-state index in [4.69, 9.17) is 4.42 Å². The van der Waals surface area contributed by atoms with Crippen LogP contribution < -0.4 is 10.2 Å². The molecule has 3 aromatic rings. The first kappa shape index (κ1) is 18.2. The number of hydrogen-bond donors (Lipinski definition) is 1. The van der Waals surface area contributed by atoms with Crippen LogP contribution in [0, 0.1) is 19.8 Å². The molecule has 1 amide bonds. The molecule has 0 bridgehead atoms. The summed E-state index contributed by atoms with van der Waals surface area (Å²) >= 11 is 0. The molecular weight excluding hydrogens is 352 g/mol. The second kappa shape index (κ2) is 7.84. The Hall–Kier alpha value is -3.15. The normalized spacial score (nSPS) is 16.8. The minimum atomic E-state index is -0.0677. The van der Waals surface area contributed by atoms with Crippen LogP contribution in [-0.2, 0) is 4.79 Å². The van der Waals surface area contributed by atoms with E-state index < -0.39 is 0 Å². The van der Waals surface area contributed by atoms with Crippen molar-refractivity contribution in [3.63, 3.8) is 0 Å². The lowest BCUT2D eigenvalue weighted by molar-refractivity contribution is -0.120. The van der Waals surface area contributed by atoms with Crippen molar-refractivity contribution in [2.24, 2.45) is 5.92 Å². The summed E-state index contributed by atoms with van der Waals surface area (Å²) in [6.45, 7) is 5.64. The number of aryl methyl sites for hydroxylation is 2. The first-order valence-corrected chi connectivity index (χ1v) is 9.61. The average molecular weight is 376 g/mol. The van der Waals surface area contributed by atoms with Crippen molar-refractivity contribution in [2.45, 2.75) is 26.7 Å². The molecule has 3 heterocycles. The van der Waals surface area contributed by atoms with E-state index in [0.717, 1.165) is 30.9 Å². The van der Waals surface area contributed by atoms with Gasteiger partial charge in [0.2, 0.25) is 5.91 Å². The zero-order valence-corrected chi connectivity index (χ0v) is 16.2. The molecule has 2 aromatic heterocycles. The molecule has 1 fully saturated rings. The van der Waals surface area contributed by atoms with Crippen molar-refractivity contribution in [1.82, 2.24) is 10.2 Å². The molecule has 0 spiro atoms. The molecule has 0 saturated carbocycles. The maximum absolute atomic E-state index is 12.8. The predicted molar refractivity (Wildman–Crippen MR) is 109 cm³/mol. The monoisotopic (exact) mass is 376 g/mol. The van der Waals surface area contributed by atoms with Gasteiger partial charge in [-0.2, -0.15) is 0 Å². The van der Waals surface area contributed by atoms with Crippen LogP contribution in [0.1, 0.15) is 24.0 Å². The van der Waals surface area contributed by atoms with E-state index in [-0.39, 0.29) is 11.8 Å². The van der Waals surface area contributed by atoms with Gasteiger partial charge in [-0.05, 0) is 74.2 Å². The van der Waals surface area contributed by atoms with Crippen LogP contribution in [-0.4, -0.2) is 29.2 Å². The van der Waals surface area contributed by atoms with Crippen LogP contribution in [0.15, 0.2) is 53.1 Å².